The Hall–Kier alpha value is -4.68. The van der Waals surface area contributed by atoms with Crippen molar-refractivity contribution >= 4 is 17.9 Å². The Balaban J connectivity index is 1.53. The monoisotopic (exact) mass is 422 g/mol. The van der Waals surface area contributed by atoms with Gasteiger partial charge in [0, 0.05) is 5.56 Å². The van der Waals surface area contributed by atoms with Crippen LogP contribution in [0.3, 0.4) is 0 Å². The molecule has 1 aliphatic rings. The van der Waals surface area contributed by atoms with Crippen LogP contribution in [0, 0.1) is 6.92 Å². The molecule has 0 radical (unpaired) electrons. The van der Waals surface area contributed by atoms with Crippen molar-refractivity contribution in [2.45, 2.75) is 6.92 Å². The lowest BCUT2D eigenvalue weighted by atomic mass is 10.1. The Morgan fingerprint density at radius 2 is 2.10 bits per heavy atom. The zero-order chi connectivity index (χ0) is 21.4. The van der Waals surface area contributed by atoms with E-state index in [0.29, 0.717) is 22.8 Å². The van der Waals surface area contributed by atoms with Gasteiger partial charge in [0.25, 0.3) is 5.91 Å². The molecule has 4 aromatic rings. The van der Waals surface area contributed by atoms with Gasteiger partial charge in [0.15, 0.2) is 17.2 Å². The number of fused-ring (bicyclic) bond motifs is 1. The van der Waals surface area contributed by atoms with E-state index in [-0.39, 0.29) is 29.8 Å². The molecule has 5 rings (SSSR count). The number of furan rings is 1. The van der Waals surface area contributed by atoms with Gasteiger partial charge in [0.2, 0.25) is 18.4 Å². The first-order valence-electron chi connectivity index (χ1n) is 8.94. The van der Waals surface area contributed by atoms with E-state index in [4.69, 9.17) is 19.6 Å². The molecule has 3 aromatic heterocycles. The molecule has 0 saturated heterocycles. The van der Waals surface area contributed by atoms with Crippen molar-refractivity contribution in [2.75, 3.05) is 12.5 Å². The number of hydrogen-bond acceptors (Lipinski definition) is 11. The Kier molecular flexibility index (Phi) is 4.32. The fourth-order valence-electron chi connectivity index (χ4n) is 2.95. The van der Waals surface area contributed by atoms with E-state index in [0.717, 1.165) is 5.76 Å². The number of aryl methyl sites for hydroxylation is 1. The minimum absolute atomic E-state index is 0.0231. The molecule has 1 amide bonds. The number of carbonyl (C=O) groups is 1. The van der Waals surface area contributed by atoms with Crippen LogP contribution in [-0.4, -0.2) is 44.2 Å². The molecule has 1 aromatic carbocycles. The lowest BCUT2D eigenvalue weighted by Gasteiger charge is -2.06. The first-order chi connectivity index (χ1) is 15.1. The van der Waals surface area contributed by atoms with E-state index in [1.807, 2.05) is 0 Å². The SMILES string of the molecule is Cc1ccc(/C=N\NC(=O)c2nnn(-c3nonc3N)c2-c2ccc3c(c2)OCO3)o1. The molecule has 0 unspecified atom stereocenters. The second kappa shape index (κ2) is 7.29. The highest BCUT2D eigenvalue weighted by molar-refractivity contribution is 5.98. The smallest absolute Gasteiger partial charge is 0.294 e. The second-order valence-corrected chi connectivity index (χ2v) is 6.39. The van der Waals surface area contributed by atoms with E-state index in [2.05, 4.69) is 35.8 Å². The molecule has 3 N–H and O–H groups in total. The van der Waals surface area contributed by atoms with Crippen LogP contribution in [0.4, 0.5) is 5.82 Å². The van der Waals surface area contributed by atoms with E-state index in [1.54, 1.807) is 37.3 Å². The summed E-state index contributed by atoms with van der Waals surface area (Å²) in [5, 5.41) is 19.2. The van der Waals surface area contributed by atoms with Crippen LogP contribution in [0.15, 0.2) is 44.5 Å². The topological polar surface area (TPSA) is 169 Å². The molecule has 0 aliphatic carbocycles. The van der Waals surface area contributed by atoms with Gasteiger partial charge >= 0.3 is 0 Å². The van der Waals surface area contributed by atoms with Gasteiger partial charge in [-0.3, -0.25) is 4.79 Å². The molecule has 0 atom stereocenters. The average molecular weight is 422 g/mol. The Labute approximate surface area is 173 Å². The fourth-order valence-corrected chi connectivity index (χ4v) is 2.95. The van der Waals surface area contributed by atoms with E-state index in [1.165, 1.54) is 10.9 Å². The number of anilines is 1. The van der Waals surface area contributed by atoms with Crippen molar-refractivity contribution < 1.29 is 23.3 Å². The molecular formula is C18H14N8O5. The van der Waals surface area contributed by atoms with Crippen molar-refractivity contribution in [1.82, 2.24) is 30.7 Å². The first kappa shape index (κ1) is 18.4. The van der Waals surface area contributed by atoms with Gasteiger partial charge in [-0.1, -0.05) is 5.21 Å². The zero-order valence-electron chi connectivity index (χ0n) is 16.0. The fraction of sp³-hybridized carbons (Fsp3) is 0.111. The van der Waals surface area contributed by atoms with Crippen LogP contribution in [0.25, 0.3) is 17.1 Å². The van der Waals surface area contributed by atoms with Crippen LogP contribution in [0.1, 0.15) is 22.0 Å². The molecule has 0 saturated carbocycles. The number of hydrazone groups is 1. The number of nitrogens with two attached hydrogens (primary N) is 1. The predicted octanol–water partition coefficient (Wildman–Crippen LogP) is 1.29. The van der Waals surface area contributed by atoms with Crippen molar-refractivity contribution in [3.8, 4) is 28.6 Å². The average Bonchev–Trinajstić information content (AvgIpc) is 3.53. The third-order valence-electron chi connectivity index (χ3n) is 4.35. The van der Waals surface area contributed by atoms with Gasteiger partial charge in [-0.05, 0) is 47.6 Å². The summed E-state index contributed by atoms with van der Waals surface area (Å²) in [5.74, 6) is 1.73. The predicted molar refractivity (Wildman–Crippen MR) is 104 cm³/mol. The molecule has 4 heterocycles. The van der Waals surface area contributed by atoms with Gasteiger partial charge in [0.05, 0.1) is 6.21 Å². The van der Waals surface area contributed by atoms with Crippen LogP contribution < -0.4 is 20.6 Å². The number of nitrogens with one attached hydrogen (secondary N) is 1. The van der Waals surface area contributed by atoms with Gasteiger partial charge in [-0.25, -0.2) is 10.1 Å². The Morgan fingerprint density at radius 3 is 2.87 bits per heavy atom. The normalized spacial score (nSPS) is 12.5. The number of amides is 1. The van der Waals surface area contributed by atoms with Crippen LogP contribution in [0.2, 0.25) is 0 Å². The zero-order valence-corrected chi connectivity index (χ0v) is 16.0. The lowest BCUT2D eigenvalue weighted by molar-refractivity contribution is 0.0950. The molecular weight excluding hydrogens is 408 g/mol. The summed E-state index contributed by atoms with van der Waals surface area (Å²) in [6.45, 7) is 1.90. The quantitative estimate of drug-likeness (QED) is 0.353. The maximum Gasteiger partial charge on any atom is 0.294 e. The summed E-state index contributed by atoms with van der Waals surface area (Å²) >= 11 is 0. The van der Waals surface area contributed by atoms with Crippen LogP contribution in [-0.2, 0) is 0 Å². The second-order valence-electron chi connectivity index (χ2n) is 6.39. The maximum atomic E-state index is 12.8. The molecule has 31 heavy (non-hydrogen) atoms. The van der Waals surface area contributed by atoms with Crippen molar-refractivity contribution in [1.29, 1.82) is 0 Å². The summed E-state index contributed by atoms with van der Waals surface area (Å²) < 4.78 is 22.1. The lowest BCUT2D eigenvalue weighted by Crippen LogP contribution is -2.19. The summed E-state index contributed by atoms with van der Waals surface area (Å²) in [7, 11) is 0. The Morgan fingerprint density at radius 1 is 1.23 bits per heavy atom. The Bertz CT molecular complexity index is 1300. The third kappa shape index (κ3) is 3.33. The summed E-state index contributed by atoms with van der Waals surface area (Å²) in [6, 6.07) is 8.62. The highest BCUT2D eigenvalue weighted by Gasteiger charge is 2.26. The van der Waals surface area contributed by atoms with E-state index in [9.17, 15) is 4.79 Å². The van der Waals surface area contributed by atoms with Gasteiger partial charge in [0.1, 0.15) is 17.2 Å². The number of benzene rings is 1. The molecule has 156 valence electrons. The van der Waals surface area contributed by atoms with Gasteiger partial charge < -0.3 is 19.6 Å². The molecule has 13 heteroatoms. The third-order valence-corrected chi connectivity index (χ3v) is 4.35. The van der Waals surface area contributed by atoms with Gasteiger partial charge in [-0.15, -0.1) is 5.10 Å². The van der Waals surface area contributed by atoms with Crippen molar-refractivity contribution in [3.63, 3.8) is 0 Å². The maximum absolute atomic E-state index is 12.8. The molecule has 13 nitrogen and oxygen atoms in total. The van der Waals surface area contributed by atoms with E-state index >= 15 is 0 Å². The number of aromatic nitrogens is 5. The summed E-state index contributed by atoms with van der Waals surface area (Å²) in [4.78, 5) is 12.8. The molecule has 0 bridgehead atoms. The summed E-state index contributed by atoms with van der Waals surface area (Å²) in [6.07, 6.45) is 1.37. The summed E-state index contributed by atoms with van der Waals surface area (Å²) in [5.41, 5.74) is 9.00. The van der Waals surface area contributed by atoms with Crippen molar-refractivity contribution in [3.05, 3.63) is 47.5 Å². The van der Waals surface area contributed by atoms with Crippen LogP contribution >= 0.6 is 0 Å². The number of hydrogen-bond donors (Lipinski definition) is 2. The standard InChI is InChI=1S/C18H14N8O5/c1-9-2-4-11(30-9)7-20-22-18(27)14-15(10-3-5-12-13(6-10)29-8-28-12)26(25-21-14)17-16(19)23-31-24-17/h2-7H,8H2,1H3,(H2,19,23)(H,22,27)/b20-7-. The number of nitrogens with zero attached hydrogens (tertiary/aromatic N) is 6. The van der Waals surface area contributed by atoms with Crippen molar-refractivity contribution in [2.24, 2.45) is 5.10 Å². The highest BCUT2D eigenvalue weighted by Crippen LogP contribution is 2.37. The number of ether oxygens (including phenoxy) is 2. The minimum Gasteiger partial charge on any atom is -0.460 e. The largest absolute Gasteiger partial charge is 0.460 e. The van der Waals surface area contributed by atoms with Crippen LogP contribution in [0.5, 0.6) is 11.5 Å². The first-order valence-corrected chi connectivity index (χ1v) is 8.94. The number of rotatable bonds is 5. The number of nitrogen functional groups attached to an aromatic ring is 1. The molecule has 0 fully saturated rings. The minimum atomic E-state index is -0.617. The van der Waals surface area contributed by atoms with Gasteiger partial charge in [-0.2, -0.15) is 9.78 Å². The number of carbonyl (C=O) groups excluding carboxylic acids is 1. The highest BCUT2D eigenvalue weighted by atomic mass is 16.7. The molecule has 0 spiro atoms. The molecule has 1 aliphatic heterocycles. The van der Waals surface area contributed by atoms with E-state index < -0.39 is 5.91 Å².